The molecule has 5 heteroatoms. The highest BCUT2D eigenvalue weighted by molar-refractivity contribution is 5.86. The minimum absolute atomic E-state index is 0.106. The zero-order valence-electron chi connectivity index (χ0n) is 8.92. The Balaban J connectivity index is 4.13. The van der Waals surface area contributed by atoms with Crippen LogP contribution >= 0.6 is 0 Å². The number of carbonyl (C=O) groups is 2. The predicted octanol–water partition coefficient (Wildman–Crippen LogP) is -0.349. The smallest absolute Gasteiger partial charge is 0.325 e. The second-order valence-electron chi connectivity index (χ2n) is 3.38. The molecule has 0 aromatic rings. The van der Waals surface area contributed by atoms with Gasteiger partial charge in [0.15, 0.2) is 0 Å². The van der Waals surface area contributed by atoms with Gasteiger partial charge in [0.1, 0.15) is 6.54 Å². The lowest BCUT2D eigenvalue weighted by atomic mass is 9.87. The number of nitrogens with two attached hydrogens (primary N) is 1. The highest BCUT2D eigenvalue weighted by Gasteiger charge is 2.29. The number of ether oxygens (including phenoxy) is 1. The van der Waals surface area contributed by atoms with Crippen LogP contribution in [0.3, 0.4) is 0 Å². The number of carbonyl (C=O) groups excluding carboxylic acids is 2. The Kier molecular flexibility index (Phi) is 5.15. The van der Waals surface area contributed by atoms with Gasteiger partial charge >= 0.3 is 5.97 Å². The Morgan fingerprint density at radius 3 is 2.43 bits per heavy atom. The van der Waals surface area contributed by atoms with Crippen LogP contribution in [-0.4, -0.2) is 32.1 Å². The molecule has 0 aliphatic carbocycles. The Morgan fingerprint density at radius 1 is 1.50 bits per heavy atom. The van der Waals surface area contributed by atoms with Crippen LogP contribution in [0.15, 0.2) is 0 Å². The molecule has 0 spiro atoms. The summed E-state index contributed by atoms with van der Waals surface area (Å²) in [4.78, 5) is 22.3. The molecule has 3 N–H and O–H groups in total. The van der Waals surface area contributed by atoms with Gasteiger partial charge in [-0.15, -0.1) is 0 Å². The van der Waals surface area contributed by atoms with Crippen LogP contribution in [0.4, 0.5) is 0 Å². The molecule has 1 unspecified atom stereocenters. The first-order valence-corrected chi connectivity index (χ1v) is 4.55. The average molecular weight is 202 g/mol. The fraction of sp³-hybridized carbons (Fsp3) is 0.778. The number of amides is 1. The van der Waals surface area contributed by atoms with E-state index in [1.165, 1.54) is 7.11 Å². The largest absolute Gasteiger partial charge is 0.468 e. The average Bonchev–Trinajstić information content (AvgIpc) is 2.23. The summed E-state index contributed by atoms with van der Waals surface area (Å²) in [6.45, 7) is 3.80. The number of nitrogens with one attached hydrogen (secondary N) is 1. The van der Waals surface area contributed by atoms with Gasteiger partial charge < -0.3 is 15.8 Å². The van der Waals surface area contributed by atoms with Crippen molar-refractivity contribution in [3.8, 4) is 0 Å². The minimum atomic E-state index is -0.603. The molecule has 1 atom stereocenters. The van der Waals surface area contributed by atoms with E-state index in [1.807, 2.05) is 6.92 Å². The highest BCUT2D eigenvalue weighted by Crippen LogP contribution is 2.18. The molecule has 0 aliphatic heterocycles. The summed E-state index contributed by atoms with van der Waals surface area (Å²) in [7, 11) is 1.27. The quantitative estimate of drug-likeness (QED) is 0.597. The van der Waals surface area contributed by atoms with E-state index in [2.05, 4.69) is 10.1 Å². The Bertz CT molecular complexity index is 212. The van der Waals surface area contributed by atoms with Crippen molar-refractivity contribution in [3.63, 3.8) is 0 Å². The van der Waals surface area contributed by atoms with Gasteiger partial charge in [-0.05, 0) is 13.3 Å². The van der Waals surface area contributed by atoms with Crippen molar-refractivity contribution < 1.29 is 14.3 Å². The number of hydrogen-bond donors (Lipinski definition) is 2. The molecule has 14 heavy (non-hydrogen) atoms. The van der Waals surface area contributed by atoms with Crippen molar-refractivity contribution in [1.29, 1.82) is 0 Å². The normalized spacial score (nSPS) is 14.3. The molecular formula is C9H18N2O3. The maximum Gasteiger partial charge on any atom is 0.325 e. The molecule has 0 fully saturated rings. The summed E-state index contributed by atoms with van der Waals surface area (Å²) in [5.41, 5.74) is 4.88. The van der Waals surface area contributed by atoms with Gasteiger partial charge in [0.2, 0.25) is 5.91 Å². The van der Waals surface area contributed by atoms with Crippen LogP contribution in [0.2, 0.25) is 0 Å². The lowest BCUT2D eigenvalue weighted by Gasteiger charge is -2.24. The van der Waals surface area contributed by atoms with Gasteiger partial charge in [-0.25, -0.2) is 0 Å². The second-order valence-corrected chi connectivity index (χ2v) is 3.38. The summed E-state index contributed by atoms with van der Waals surface area (Å²) in [6.07, 6.45) is 0.635. The Hall–Kier alpha value is -1.10. The SMILES string of the molecule is CCC(C)(CN)C(=O)NCC(=O)OC. The van der Waals surface area contributed by atoms with Gasteiger partial charge in [-0.1, -0.05) is 6.92 Å². The number of rotatable bonds is 5. The molecule has 0 saturated heterocycles. The van der Waals surface area contributed by atoms with Crippen molar-refractivity contribution in [2.24, 2.45) is 11.1 Å². The van der Waals surface area contributed by atoms with E-state index in [0.29, 0.717) is 6.42 Å². The molecule has 0 aromatic carbocycles. The molecule has 1 amide bonds. The predicted molar refractivity (Wildman–Crippen MR) is 52.5 cm³/mol. The van der Waals surface area contributed by atoms with E-state index < -0.39 is 11.4 Å². The third-order valence-electron chi connectivity index (χ3n) is 2.40. The first-order chi connectivity index (χ1) is 6.50. The van der Waals surface area contributed by atoms with Crippen LogP contribution in [0, 0.1) is 5.41 Å². The minimum Gasteiger partial charge on any atom is -0.468 e. The Labute approximate surface area is 84.0 Å². The number of methoxy groups -OCH3 is 1. The van der Waals surface area contributed by atoms with E-state index in [0.717, 1.165) is 0 Å². The third kappa shape index (κ3) is 3.33. The lowest BCUT2D eigenvalue weighted by molar-refractivity contribution is -0.142. The van der Waals surface area contributed by atoms with Gasteiger partial charge in [0.05, 0.1) is 12.5 Å². The van der Waals surface area contributed by atoms with E-state index in [4.69, 9.17) is 5.73 Å². The fourth-order valence-electron chi connectivity index (χ4n) is 0.836. The maximum absolute atomic E-state index is 11.5. The standard InChI is InChI=1S/C9H18N2O3/c1-4-9(2,6-10)8(13)11-5-7(12)14-3/h4-6,10H2,1-3H3,(H,11,13). The molecule has 0 aliphatic rings. The second kappa shape index (κ2) is 5.59. The van der Waals surface area contributed by atoms with Crippen molar-refractivity contribution in [2.45, 2.75) is 20.3 Å². The fourth-order valence-corrected chi connectivity index (χ4v) is 0.836. The van der Waals surface area contributed by atoms with Crippen LogP contribution in [0.1, 0.15) is 20.3 Å². The molecule has 0 rings (SSSR count). The molecule has 5 nitrogen and oxygen atoms in total. The zero-order chi connectivity index (χ0) is 11.2. The molecule has 0 radical (unpaired) electrons. The number of esters is 1. The lowest BCUT2D eigenvalue weighted by Crippen LogP contribution is -2.45. The van der Waals surface area contributed by atoms with E-state index in [1.54, 1.807) is 6.92 Å². The first kappa shape index (κ1) is 12.9. The molecule has 0 heterocycles. The highest BCUT2D eigenvalue weighted by atomic mass is 16.5. The van der Waals surface area contributed by atoms with Gasteiger partial charge in [-0.2, -0.15) is 0 Å². The summed E-state index contributed by atoms with van der Waals surface area (Å²) >= 11 is 0. The van der Waals surface area contributed by atoms with Crippen molar-refractivity contribution >= 4 is 11.9 Å². The molecule has 0 aromatic heterocycles. The maximum atomic E-state index is 11.5. The molecule has 82 valence electrons. The van der Waals surface area contributed by atoms with Gasteiger partial charge in [0, 0.05) is 6.54 Å². The number of hydrogen-bond acceptors (Lipinski definition) is 4. The summed E-state index contributed by atoms with van der Waals surface area (Å²) in [5, 5.41) is 2.48. The third-order valence-corrected chi connectivity index (χ3v) is 2.40. The first-order valence-electron chi connectivity index (χ1n) is 4.55. The van der Waals surface area contributed by atoms with Crippen molar-refractivity contribution in [3.05, 3.63) is 0 Å². The van der Waals surface area contributed by atoms with Crippen molar-refractivity contribution in [2.75, 3.05) is 20.2 Å². The monoisotopic (exact) mass is 202 g/mol. The zero-order valence-corrected chi connectivity index (χ0v) is 8.92. The molecule has 0 saturated carbocycles. The topological polar surface area (TPSA) is 81.4 Å². The van der Waals surface area contributed by atoms with E-state index in [9.17, 15) is 9.59 Å². The van der Waals surface area contributed by atoms with Crippen LogP contribution < -0.4 is 11.1 Å². The van der Waals surface area contributed by atoms with E-state index in [-0.39, 0.29) is 19.0 Å². The van der Waals surface area contributed by atoms with Gasteiger partial charge in [-0.3, -0.25) is 9.59 Å². The van der Waals surface area contributed by atoms with Gasteiger partial charge in [0.25, 0.3) is 0 Å². The van der Waals surface area contributed by atoms with Crippen LogP contribution in [0.5, 0.6) is 0 Å². The summed E-state index contributed by atoms with van der Waals surface area (Å²) < 4.78 is 4.40. The van der Waals surface area contributed by atoms with Crippen LogP contribution in [0.25, 0.3) is 0 Å². The van der Waals surface area contributed by atoms with Crippen molar-refractivity contribution in [1.82, 2.24) is 5.32 Å². The summed E-state index contributed by atoms with van der Waals surface area (Å²) in [6, 6.07) is 0. The summed E-state index contributed by atoms with van der Waals surface area (Å²) in [5.74, 6) is -0.679. The van der Waals surface area contributed by atoms with E-state index >= 15 is 0 Å². The molecular weight excluding hydrogens is 184 g/mol. The molecule has 0 bridgehead atoms. The Morgan fingerprint density at radius 2 is 2.07 bits per heavy atom. The van der Waals surface area contributed by atoms with Crippen LogP contribution in [-0.2, 0) is 14.3 Å².